The molecule has 2 rings (SSSR count). The van der Waals surface area contributed by atoms with Crippen molar-refractivity contribution in [3.05, 3.63) is 65.7 Å². The molecule has 0 amide bonds. The van der Waals surface area contributed by atoms with Gasteiger partial charge in [-0.1, -0.05) is 24.3 Å². The fraction of sp³-hybridized carbons (Fsp3) is 0.143. The number of nitrogens with two attached hydrogens (primary N) is 1. The van der Waals surface area contributed by atoms with Gasteiger partial charge in [0.15, 0.2) is 0 Å². The number of rotatable bonds is 4. The summed E-state index contributed by atoms with van der Waals surface area (Å²) in [6.45, 7) is 0. The van der Waals surface area contributed by atoms with Gasteiger partial charge < -0.3 is 5.73 Å². The molecule has 0 spiro atoms. The van der Waals surface area contributed by atoms with Crippen LogP contribution < -0.4 is 5.73 Å². The Hall–Kier alpha value is -1.39. The van der Waals surface area contributed by atoms with Gasteiger partial charge in [-0.2, -0.15) is 0 Å². The monoisotopic (exact) mass is 265 g/mol. The summed E-state index contributed by atoms with van der Waals surface area (Å²) in [7, 11) is 0. The first-order valence-electron chi connectivity index (χ1n) is 5.56. The van der Waals surface area contributed by atoms with Crippen molar-refractivity contribution < 1.29 is 8.78 Å². The minimum atomic E-state index is -0.656. The van der Waals surface area contributed by atoms with E-state index in [9.17, 15) is 8.78 Å². The lowest BCUT2D eigenvalue weighted by Crippen LogP contribution is -2.16. The van der Waals surface area contributed by atoms with Crippen LogP contribution in [0.1, 0.15) is 11.6 Å². The molecule has 2 aromatic rings. The minimum Gasteiger partial charge on any atom is -0.323 e. The van der Waals surface area contributed by atoms with Gasteiger partial charge in [-0.3, -0.25) is 0 Å². The maximum Gasteiger partial charge on any atom is 0.130 e. The molecule has 94 valence electrons. The molecule has 2 N–H and O–H groups in total. The lowest BCUT2D eigenvalue weighted by Gasteiger charge is -2.13. The smallest absolute Gasteiger partial charge is 0.130 e. The third-order valence-corrected chi connectivity index (χ3v) is 3.67. The molecule has 0 aromatic heterocycles. The molecule has 1 unspecified atom stereocenters. The first-order chi connectivity index (χ1) is 8.68. The summed E-state index contributed by atoms with van der Waals surface area (Å²) in [6.07, 6.45) is 0. The van der Waals surface area contributed by atoms with E-state index in [1.54, 1.807) is 0 Å². The molecular formula is C14H13F2NS. The Bertz CT molecular complexity index is 496. The quantitative estimate of drug-likeness (QED) is 0.852. The van der Waals surface area contributed by atoms with Gasteiger partial charge in [0.1, 0.15) is 11.6 Å². The van der Waals surface area contributed by atoms with Crippen molar-refractivity contribution in [3.63, 3.8) is 0 Å². The lowest BCUT2D eigenvalue weighted by atomic mass is 10.1. The molecule has 1 atom stereocenters. The molecule has 0 aliphatic heterocycles. The second-order valence-electron chi connectivity index (χ2n) is 3.87. The first-order valence-corrected chi connectivity index (χ1v) is 6.54. The molecule has 0 bridgehead atoms. The highest BCUT2D eigenvalue weighted by atomic mass is 32.2. The molecule has 0 saturated heterocycles. The fourth-order valence-corrected chi connectivity index (χ4v) is 2.54. The average molecular weight is 265 g/mol. The van der Waals surface area contributed by atoms with Crippen LogP contribution in [-0.4, -0.2) is 5.75 Å². The van der Waals surface area contributed by atoms with Crippen LogP contribution in [0, 0.1) is 11.6 Å². The van der Waals surface area contributed by atoms with Crippen molar-refractivity contribution in [2.45, 2.75) is 10.9 Å². The third-order valence-electron chi connectivity index (χ3n) is 2.54. The van der Waals surface area contributed by atoms with Crippen LogP contribution in [0.25, 0.3) is 0 Å². The van der Waals surface area contributed by atoms with Gasteiger partial charge in [-0.05, 0) is 24.3 Å². The van der Waals surface area contributed by atoms with Crippen LogP contribution in [0.15, 0.2) is 53.4 Å². The predicted octanol–water partition coefficient (Wildman–Crippen LogP) is 3.76. The standard InChI is InChI=1S/C14H13F2NS/c15-11-7-4-8-12(16)14(11)13(17)9-18-10-5-2-1-3-6-10/h1-8,13H,9,17H2. The Labute approximate surface area is 109 Å². The van der Waals surface area contributed by atoms with Crippen LogP contribution in [0.4, 0.5) is 8.78 Å². The zero-order valence-corrected chi connectivity index (χ0v) is 10.5. The van der Waals surface area contributed by atoms with Crippen LogP contribution in [0.3, 0.4) is 0 Å². The van der Waals surface area contributed by atoms with Crippen LogP contribution in [0.2, 0.25) is 0 Å². The summed E-state index contributed by atoms with van der Waals surface area (Å²) in [5.74, 6) is -0.741. The van der Waals surface area contributed by atoms with Crippen molar-refractivity contribution in [1.82, 2.24) is 0 Å². The largest absolute Gasteiger partial charge is 0.323 e. The van der Waals surface area contributed by atoms with Crippen molar-refractivity contribution in [1.29, 1.82) is 0 Å². The summed E-state index contributed by atoms with van der Waals surface area (Å²) in [4.78, 5) is 1.03. The summed E-state index contributed by atoms with van der Waals surface area (Å²) < 4.78 is 27.0. The topological polar surface area (TPSA) is 26.0 Å². The van der Waals surface area contributed by atoms with Gasteiger partial charge in [0.2, 0.25) is 0 Å². The summed E-state index contributed by atoms with van der Waals surface area (Å²) in [6, 6.07) is 12.8. The van der Waals surface area contributed by atoms with E-state index in [2.05, 4.69) is 0 Å². The molecule has 0 aliphatic rings. The highest BCUT2D eigenvalue weighted by molar-refractivity contribution is 7.99. The Morgan fingerprint density at radius 1 is 0.944 bits per heavy atom. The van der Waals surface area contributed by atoms with Crippen molar-refractivity contribution >= 4 is 11.8 Å². The molecule has 1 nitrogen and oxygen atoms in total. The van der Waals surface area contributed by atoms with Gasteiger partial charge in [-0.15, -0.1) is 11.8 Å². The van der Waals surface area contributed by atoms with Crippen LogP contribution in [-0.2, 0) is 0 Å². The summed E-state index contributed by atoms with van der Waals surface area (Å²) in [5, 5.41) is 0. The zero-order chi connectivity index (χ0) is 13.0. The van der Waals surface area contributed by atoms with E-state index in [0.29, 0.717) is 5.75 Å². The van der Waals surface area contributed by atoms with E-state index >= 15 is 0 Å². The van der Waals surface area contributed by atoms with E-state index in [1.165, 1.54) is 30.0 Å². The second kappa shape index (κ2) is 5.98. The maximum atomic E-state index is 13.5. The molecule has 0 heterocycles. The van der Waals surface area contributed by atoms with Crippen molar-refractivity contribution in [2.75, 3.05) is 5.75 Å². The maximum absolute atomic E-state index is 13.5. The molecule has 0 fully saturated rings. The Morgan fingerprint density at radius 2 is 1.56 bits per heavy atom. The summed E-state index contributed by atoms with van der Waals surface area (Å²) >= 11 is 1.48. The van der Waals surface area contributed by atoms with Gasteiger partial charge in [0, 0.05) is 22.3 Å². The predicted molar refractivity (Wildman–Crippen MR) is 70.5 cm³/mol. The number of hydrogen-bond acceptors (Lipinski definition) is 2. The lowest BCUT2D eigenvalue weighted by molar-refractivity contribution is 0.538. The number of thioether (sulfide) groups is 1. The molecule has 4 heteroatoms. The van der Waals surface area contributed by atoms with Gasteiger partial charge >= 0.3 is 0 Å². The molecule has 0 saturated carbocycles. The number of hydrogen-bond donors (Lipinski definition) is 1. The van der Waals surface area contributed by atoms with Crippen molar-refractivity contribution in [2.24, 2.45) is 5.73 Å². The average Bonchev–Trinajstić information content (AvgIpc) is 2.37. The first kappa shape index (κ1) is 13.1. The second-order valence-corrected chi connectivity index (χ2v) is 4.96. The zero-order valence-electron chi connectivity index (χ0n) is 9.64. The van der Waals surface area contributed by atoms with Gasteiger partial charge in [0.05, 0.1) is 0 Å². The third kappa shape index (κ3) is 3.09. The van der Waals surface area contributed by atoms with E-state index in [-0.39, 0.29) is 5.56 Å². The number of benzene rings is 2. The molecular weight excluding hydrogens is 252 g/mol. The molecule has 2 aromatic carbocycles. The Morgan fingerprint density at radius 3 is 2.17 bits per heavy atom. The summed E-state index contributed by atoms with van der Waals surface area (Å²) in [5.41, 5.74) is 5.80. The van der Waals surface area contributed by atoms with E-state index in [1.807, 2.05) is 30.3 Å². The van der Waals surface area contributed by atoms with E-state index in [4.69, 9.17) is 5.73 Å². The van der Waals surface area contributed by atoms with Crippen molar-refractivity contribution in [3.8, 4) is 0 Å². The van der Waals surface area contributed by atoms with Gasteiger partial charge in [-0.25, -0.2) is 8.78 Å². The van der Waals surface area contributed by atoms with E-state index < -0.39 is 17.7 Å². The highest BCUT2D eigenvalue weighted by Gasteiger charge is 2.16. The Balaban J connectivity index is 2.06. The van der Waals surface area contributed by atoms with Gasteiger partial charge in [0.25, 0.3) is 0 Å². The number of halogens is 2. The normalized spacial score (nSPS) is 12.4. The fourth-order valence-electron chi connectivity index (χ4n) is 1.65. The Kier molecular flexibility index (Phi) is 4.33. The SMILES string of the molecule is NC(CSc1ccccc1)c1c(F)cccc1F. The molecule has 0 aliphatic carbocycles. The minimum absolute atomic E-state index is 0.0408. The molecule has 0 radical (unpaired) electrons. The van der Waals surface area contributed by atoms with E-state index in [0.717, 1.165) is 4.90 Å². The van der Waals surface area contributed by atoms with Crippen LogP contribution in [0.5, 0.6) is 0 Å². The molecule has 18 heavy (non-hydrogen) atoms. The van der Waals surface area contributed by atoms with Crippen LogP contribution >= 0.6 is 11.8 Å². The highest BCUT2D eigenvalue weighted by Crippen LogP contribution is 2.26.